The lowest BCUT2D eigenvalue weighted by Gasteiger charge is -2.10. The highest BCUT2D eigenvalue weighted by Gasteiger charge is 2.15. The summed E-state index contributed by atoms with van der Waals surface area (Å²) in [6, 6.07) is 3.29. The summed E-state index contributed by atoms with van der Waals surface area (Å²) in [5.74, 6) is 0.174. The van der Waals surface area contributed by atoms with Crippen LogP contribution in [0.25, 0.3) is 0 Å². The lowest BCUT2D eigenvalue weighted by Crippen LogP contribution is -2.09. The number of hydrogen-bond acceptors (Lipinski definition) is 3. The van der Waals surface area contributed by atoms with Crippen LogP contribution in [0.2, 0.25) is 10.0 Å². The Balaban J connectivity index is 3.00. The van der Waals surface area contributed by atoms with Crippen molar-refractivity contribution in [3.8, 4) is 5.75 Å². The Morgan fingerprint density at radius 2 is 2.06 bits per heavy atom. The predicted octanol–water partition coefficient (Wildman–Crippen LogP) is 3.11. The fourth-order valence-electron chi connectivity index (χ4n) is 1.29. The van der Waals surface area contributed by atoms with Crippen molar-refractivity contribution in [3.63, 3.8) is 0 Å². The molecular weight excluding hydrogens is 251 g/mol. The van der Waals surface area contributed by atoms with Crippen molar-refractivity contribution in [2.75, 3.05) is 13.7 Å². The van der Waals surface area contributed by atoms with E-state index in [1.165, 1.54) is 7.11 Å². The van der Waals surface area contributed by atoms with Gasteiger partial charge in [0.1, 0.15) is 5.75 Å². The SMILES string of the molecule is CCOC(=O)Cc1c(OC)ccc(Cl)c1Cl. The van der Waals surface area contributed by atoms with Crippen LogP contribution in [0, 0.1) is 0 Å². The van der Waals surface area contributed by atoms with Gasteiger partial charge in [-0.05, 0) is 19.1 Å². The fraction of sp³-hybridized carbons (Fsp3) is 0.364. The highest BCUT2D eigenvalue weighted by molar-refractivity contribution is 6.42. The van der Waals surface area contributed by atoms with Crippen LogP contribution in [0.4, 0.5) is 0 Å². The maximum atomic E-state index is 11.4. The number of hydrogen-bond donors (Lipinski definition) is 0. The van der Waals surface area contributed by atoms with Gasteiger partial charge in [-0.1, -0.05) is 23.2 Å². The summed E-state index contributed by atoms with van der Waals surface area (Å²) in [6.07, 6.45) is 0.0520. The van der Waals surface area contributed by atoms with E-state index in [1.807, 2.05) is 0 Å². The van der Waals surface area contributed by atoms with E-state index in [1.54, 1.807) is 19.1 Å². The number of carbonyl (C=O) groups excluding carboxylic acids is 1. The maximum Gasteiger partial charge on any atom is 0.310 e. The molecule has 0 heterocycles. The van der Waals surface area contributed by atoms with Crippen molar-refractivity contribution in [1.29, 1.82) is 0 Å². The van der Waals surface area contributed by atoms with Gasteiger partial charge in [0.15, 0.2) is 0 Å². The molecule has 0 spiro atoms. The molecule has 0 N–H and O–H groups in total. The lowest BCUT2D eigenvalue weighted by molar-refractivity contribution is -0.142. The van der Waals surface area contributed by atoms with Gasteiger partial charge < -0.3 is 9.47 Å². The molecule has 0 bridgehead atoms. The third-order valence-corrected chi connectivity index (χ3v) is 2.84. The first-order chi connectivity index (χ1) is 7.60. The molecule has 0 aliphatic carbocycles. The molecule has 0 aromatic heterocycles. The van der Waals surface area contributed by atoms with E-state index in [9.17, 15) is 4.79 Å². The van der Waals surface area contributed by atoms with Crippen LogP contribution in [0.15, 0.2) is 12.1 Å². The number of halogens is 2. The molecular formula is C11H12Cl2O3. The quantitative estimate of drug-likeness (QED) is 0.783. The number of ether oxygens (including phenoxy) is 2. The van der Waals surface area contributed by atoms with E-state index in [0.717, 1.165) is 0 Å². The Morgan fingerprint density at radius 1 is 1.38 bits per heavy atom. The van der Waals surface area contributed by atoms with Crippen LogP contribution in [0.3, 0.4) is 0 Å². The van der Waals surface area contributed by atoms with Gasteiger partial charge in [-0.25, -0.2) is 0 Å². The second-order valence-corrected chi connectivity index (χ2v) is 3.81. The molecule has 1 aromatic rings. The molecule has 16 heavy (non-hydrogen) atoms. The van der Waals surface area contributed by atoms with Gasteiger partial charge >= 0.3 is 5.97 Å². The van der Waals surface area contributed by atoms with Gasteiger partial charge in [-0.3, -0.25) is 4.79 Å². The molecule has 5 heteroatoms. The maximum absolute atomic E-state index is 11.4. The summed E-state index contributed by atoms with van der Waals surface area (Å²) < 4.78 is 9.95. The van der Waals surface area contributed by atoms with Crippen LogP contribution < -0.4 is 4.74 Å². The summed E-state index contributed by atoms with van der Waals surface area (Å²) >= 11 is 11.9. The minimum Gasteiger partial charge on any atom is -0.496 e. The molecule has 88 valence electrons. The van der Waals surface area contributed by atoms with Gasteiger partial charge in [0, 0.05) is 5.56 Å². The Kier molecular flexibility index (Phi) is 4.90. The normalized spacial score (nSPS) is 10.0. The lowest BCUT2D eigenvalue weighted by atomic mass is 10.1. The van der Waals surface area contributed by atoms with E-state index in [2.05, 4.69) is 0 Å². The molecule has 0 aliphatic rings. The first kappa shape index (κ1) is 13.1. The third-order valence-electron chi connectivity index (χ3n) is 2.00. The topological polar surface area (TPSA) is 35.5 Å². The van der Waals surface area contributed by atoms with Crippen LogP contribution in [-0.4, -0.2) is 19.7 Å². The fourth-order valence-corrected chi connectivity index (χ4v) is 1.69. The second-order valence-electron chi connectivity index (χ2n) is 3.02. The molecule has 1 rings (SSSR count). The Bertz CT molecular complexity index is 391. The number of esters is 1. The summed E-state index contributed by atoms with van der Waals surface area (Å²) in [5.41, 5.74) is 0.551. The molecule has 1 aromatic carbocycles. The minimum absolute atomic E-state index is 0.0520. The Labute approximate surface area is 104 Å². The van der Waals surface area contributed by atoms with E-state index in [0.29, 0.717) is 28.0 Å². The zero-order valence-electron chi connectivity index (χ0n) is 9.05. The number of benzene rings is 1. The average molecular weight is 263 g/mol. The molecule has 0 amide bonds. The van der Waals surface area contributed by atoms with Gasteiger partial charge in [0.2, 0.25) is 0 Å². The van der Waals surface area contributed by atoms with Crippen molar-refractivity contribution in [1.82, 2.24) is 0 Å². The van der Waals surface area contributed by atoms with Gasteiger partial charge in [-0.2, -0.15) is 0 Å². The van der Waals surface area contributed by atoms with E-state index in [-0.39, 0.29) is 12.4 Å². The number of carbonyl (C=O) groups is 1. The van der Waals surface area contributed by atoms with Crippen molar-refractivity contribution in [2.45, 2.75) is 13.3 Å². The molecule has 0 aliphatic heterocycles. The summed E-state index contributed by atoms with van der Waals surface area (Å²) in [5, 5.41) is 0.718. The van der Waals surface area contributed by atoms with E-state index < -0.39 is 0 Å². The molecule has 0 fully saturated rings. The summed E-state index contributed by atoms with van der Waals surface area (Å²) in [6.45, 7) is 2.08. The van der Waals surface area contributed by atoms with Crippen molar-refractivity contribution in [2.24, 2.45) is 0 Å². The molecule has 0 saturated carbocycles. The molecule has 3 nitrogen and oxygen atoms in total. The standard InChI is InChI=1S/C11H12Cl2O3/c1-3-16-10(14)6-7-9(15-2)5-4-8(12)11(7)13/h4-5H,3,6H2,1-2H3. The third kappa shape index (κ3) is 3.03. The van der Waals surface area contributed by atoms with Crippen LogP contribution in [-0.2, 0) is 16.0 Å². The first-order valence-corrected chi connectivity index (χ1v) is 5.52. The summed E-state index contributed by atoms with van der Waals surface area (Å²) in [4.78, 5) is 11.4. The molecule has 0 radical (unpaired) electrons. The van der Waals surface area contributed by atoms with Gasteiger partial charge in [0.05, 0.1) is 30.2 Å². The van der Waals surface area contributed by atoms with Crippen molar-refractivity contribution in [3.05, 3.63) is 27.7 Å². The van der Waals surface area contributed by atoms with E-state index in [4.69, 9.17) is 32.7 Å². The smallest absolute Gasteiger partial charge is 0.310 e. The van der Waals surface area contributed by atoms with Crippen molar-refractivity contribution >= 4 is 29.2 Å². The van der Waals surface area contributed by atoms with Gasteiger partial charge in [0.25, 0.3) is 0 Å². The Hall–Kier alpha value is -0.930. The van der Waals surface area contributed by atoms with Gasteiger partial charge in [-0.15, -0.1) is 0 Å². The summed E-state index contributed by atoms with van der Waals surface area (Å²) in [7, 11) is 1.51. The Morgan fingerprint density at radius 3 is 2.62 bits per heavy atom. The zero-order chi connectivity index (χ0) is 12.1. The largest absolute Gasteiger partial charge is 0.496 e. The highest BCUT2D eigenvalue weighted by Crippen LogP contribution is 2.33. The zero-order valence-corrected chi connectivity index (χ0v) is 10.6. The van der Waals surface area contributed by atoms with Crippen molar-refractivity contribution < 1.29 is 14.3 Å². The highest BCUT2D eigenvalue weighted by atomic mass is 35.5. The predicted molar refractivity (Wildman–Crippen MR) is 63.4 cm³/mol. The minimum atomic E-state index is -0.357. The molecule has 0 saturated heterocycles. The number of rotatable bonds is 4. The van der Waals surface area contributed by atoms with Crippen LogP contribution >= 0.6 is 23.2 Å². The number of methoxy groups -OCH3 is 1. The molecule has 0 unspecified atom stereocenters. The molecule has 0 atom stereocenters. The first-order valence-electron chi connectivity index (χ1n) is 4.76. The monoisotopic (exact) mass is 262 g/mol. The average Bonchev–Trinajstić information content (AvgIpc) is 2.25. The van der Waals surface area contributed by atoms with Crippen LogP contribution in [0.1, 0.15) is 12.5 Å². The second kappa shape index (κ2) is 5.97. The van der Waals surface area contributed by atoms with E-state index >= 15 is 0 Å². The van der Waals surface area contributed by atoms with Crippen LogP contribution in [0.5, 0.6) is 5.75 Å².